The maximum atomic E-state index is 13.0. The predicted molar refractivity (Wildman–Crippen MR) is 133 cm³/mol. The van der Waals surface area contributed by atoms with Crippen LogP contribution in [0.15, 0.2) is 65.6 Å². The van der Waals surface area contributed by atoms with Gasteiger partial charge in [0, 0.05) is 10.6 Å². The van der Waals surface area contributed by atoms with Gasteiger partial charge in [0.15, 0.2) is 11.5 Å². The van der Waals surface area contributed by atoms with Crippen molar-refractivity contribution in [2.75, 3.05) is 12.0 Å². The molecule has 168 valence electrons. The zero-order valence-corrected chi connectivity index (χ0v) is 20.0. The van der Waals surface area contributed by atoms with Crippen molar-refractivity contribution in [3.8, 4) is 11.5 Å². The normalized spacial score (nSPS) is 14.8. The summed E-state index contributed by atoms with van der Waals surface area (Å²) in [6.07, 6.45) is 1.69. The van der Waals surface area contributed by atoms with E-state index in [0.717, 1.165) is 34.0 Å². The molecule has 3 aromatic rings. The van der Waals surface area contributed by atoms with Gasteiger partial charge in [-0.2, -0.15) is 0 Å². The van der Waals surface area contributed by atoms with Crippen LogP contribution in [0.5, 0.6) is 11.5 Å². The van der Waals surface area contributed by atoms with E-state index in [1.165, 1.54) is 4.90 Å². The summed E-state index contributed by atoms with van der Waals surface area (Å²) >= 11 is 7.12. The molecule has 0 radical (unpaired) electrons. The fourth-order valence-corrected chi connectivity index (χ4v) is 4.57. The molecule has 1 saturated heterocycles. The third-order valence-corrected chi connectivity index (χ3v) is 6.45. The van der Waals surface area contributed by atoms with E-state index in [1.54, 1.807) is 31.4 Å². The number of halogens is 1. The Morgan fingerprint density at radius 1 is 1.00 bits per heavy atom. The van der Waals surface area contributed by atoms with Crippen LogP contribution in [0.3, 0.4) is 0 Å². The van der Waals surface area contributed by atoms with Gasteiger partial charge in [-0.05, 0) is 67.1 Å². The Labute approximate surface area is 202 Å². The van der Waals surface area contributed by atoms with Gasteiger partial charge in [0.2, 0.25) is 0 Å². The van der Waals surface area contributed by atoms with E-state index in [9.17, 15) is 9.59 Å². The number of methoxy groups -OCH3 is 1. The molecule has 1 fully saturated rings. The number of ether oxygens (including phenoxy) is 2. The van der Waals surface area contributed by atoms with E-state index in [0.29, 0.717) is 33.7 Å². The molecule has 2 amide bonds. The van der Waals surface area contributed by atoms with Gasteiger partial charge >= 0.3 is 0 Å². The minimum atomic E-state index is -0.338. The van der Waals surface area contributed by atoms with E-state index in [-0.39, 0.29) is 11.1 Å². The molecule has 33 heavy (non-hydrogen) atoms. The molecule has 0 N–H and O–H groups in total. The number of carbonyl (C=O) groups excluding carboxylic acids is 2. The summed E-state index contributed by atoms with van der Waals surface area (Å²) in [7, 11) is 1.55. The molecule has 5 nitrogen and oxygen atoms in total. The van der Waals surface area contributed by atoms with Crippen molar-refractivity contribution in [1.82, 2.24) is 0 Å². The highest BCUT2D eigenvalue weighted by Crippen LogP contribution is 2.38. The number of amides is 2. The number of anilines is 1. The molecule has 1 aliphatic heterocycles. The molecule has 4 rings (SSSR count). The third kappa shape index (κ3) is 4.92. The van der Waals surface area contributed by atoms with Gasteiger partial charge in [0.05, 0.1) is 17.7 Å². The van der Waals surface area contributed by atoms with E-state index in [1.807, 2.05) is 56.3 Å². The lowest BCUT2D eigenvalue weighted by Crippen LogP contribution is -2.28. The number of thioether (sulfide) groups is 1. The van der Waals surface area contributed by atoms with Crippen molar-refractivity contribution in [1.29, 1.82) is 0 Å². The Hall–Kier alpha value is -3.22. The summed E-state index contributed by atoms with van der Waals surface area (Å²) in [4.78, 5) is 27.2. The van der Waals surface area contributed by atoms with E-state index in [4.69, 9.17) is 21.1 Å². The van der Waals surface area contributed by atoms with E-state index < -0.39 is 0 Å². The van der Waals surface area contributed by atoms with Crippen LogP contribution >= 0.6 is 23.4 Å². The SMILES string of the molecule is COc1cc(/C=C2\SC(=O)N(c3ccc(C)cc3C)C2=O)ccc1OCc1ccccc1Cl. The molecule has 1 aliphatic rings. The molecule has 0 unspecified atom stereocenters. The maximum absolute atomic E-state index is 13.0. The van der Waals surface area contributed by atoms with Gasteiger partial charge in [0.1, 0.15) is 6.61 Å². The zero-order valence-electron chi connectivity index (χ0n) is 18.4. The zero-order chi connectivity index (χ0) is 23.5. The molecular weight excluding hydrogens is 458 g/mol. The second-order valence-electron chi connectivity index (χ2n) is 7.60. The van der Waals surface area contributed by atoms with Gasteiger partial charge in [-0.1, -0.05) is 53.6 Å². The highest BCUT2D eigenvalue weighted by molar-refractivity contribution is 8.19. The van der Waals surface area contributed by atoms with Gasteiger partial charge in [-0.15, -0.1) is 0 Å². The molecule has 7 heteroatoms. The minimum absolute atomic E-state index is 0.296. The van der Waals surface area contributed by atoms with Crippen molar-refractivity contribution in [2.45, 2.75) is 20.5 Å². The first-order valence-electron chi connectivity index (χ1n) is 10.3. The largest absolute Gasteiger partial charge is 0.493 e. The van der Waals surface area contributed by atoms with Crippen LogP contribution in [-0.2, 0) is 11.4 Å². The number of carbonyl (C=O) groups is 2. The van der Waals surface area contributed by atoms with Gasteiger partial charge in [0.25, 0.3) is 11.1 Å². The summed E-state index contributed by atoms with van der Waals surface area (Å²) in [5, 5.41) is 0.317. The quantitative estimate of drug-likeness (QED) is 0.364. The van der Waals surface area contributed by atoms with Gasteiger partial charge in [-0.3, -0.25) is 9.59 Å². The van der Waals surface area contributed by atoms with Crippen LogP contribution in [0, 0.1) is 13.8 Å². The fourth-order valence-electron chi connectivity index (χ4n) is 3.55. The van der Waals surface area contributed by atoms with Gasteiger partial charge < -0.3 is 9.47 Å². The van der Waals surface area contributed by atoms with E-state index in [2.05, 4.69) is 0 Å². The molecule has 0 bridgehead atoms. The van der Waals surface area contributed by atoms with Crippen LogP contribution in [0.25, 0.3) is 6.08 Å². The standard InChI is InChI=1S/C26H22ClNO4S/c1-16-8-10-21(17(2)12-16)28-25(29)24(33-26(28)30)14-18-9-11-22(23(13-18)31-3)32-15-19-6-4-5-7-20(19)27/h4-14H,15H2,1-3H3/b24-14-. The summed E-state index contributed by atoms with van der Waals surface area (Å²) in [5.74, 6) is 0.734. The molecule has 0 aromatic heterocycles. The summed E-state index contributed by atoms with van der Waals surface area (Å²) in [6, 6.07) is 18.5. The lowest BCUT2D eigenvalue weighted by atomic mass is 10.1. The molecule has 0 atom stereocenters. The van der Waals surface area contributed by atoms with Crippen molar-refractivity contribution in [3.05, 3.63) is 92.8 Å². The van der Waals surface area contributed by atoms with E-state index >= 15 is 0 Å². The second-order valence-corrected chi connectivity index (χ2v) is 9.00. The summed E-state index contributed by atoms with van der Waals surface area (Å²) in [6.45, 7) is 4.16. The number of aryl methyl sites for hydroxylation is 2. The van der Waals surface area contributed by atoms with Crippen LogP contribution in [0.4, 0.5) is 10.5 Å². The smallest absolute Gasteiger partial charge is 0.298 e. The lowest BCUT2D eigenvalue weighted by Gasteiger charge is -2.15. The Bertz CT molecular complexity index is 1270. The highest BCUT2D eigenvalue weighted by atomic mass is 35.5. The Morgan fingerprint density at radius 2 is 1.79 bits per heavy atom. The molecular formula is C26H22ClNO4S. The second kappa shape index (κ2) is 9.73. The van der Waals surface area contributed by atoms with Crippen LogP contribution in [0.2, 0.25) is 5.02 Å². The summed E-state index contributed by atoms with van der Waals surface area (Å²) < 4.78 is 11.4. The Balaban J connectivity index is 1.55. The minimum Gasteiger partial charge on any atom is -0.493 e. The number of nitrogens with zero attached hydrogens (tertiary/aromatic N) is 1. The molecule has 0 spiro atoms. The van der Waals surface area contributed by atoms with Gasteiger partial charge in [-0.25, -0.2) is 4.90 Å². The number of benzene rings is 3. The number of imide groups is 1. The average molecular weight is 480 g/mol. The van der Waals surface area contributed by atoms with Crippen molar-refractivity contribution in [3.63, 3.8) is 0 Å². The van der Waals surface area contributed by atoms with Crippen LogP contribution in [0.1, 0.15) is 22.3 Å². The van der Waals surface area contributed by atoms with Crippen molar-refractivity contribution < 1.29 is 19.1 Å². The Morgan fingerprint density at radius 3 is 2.52 bits per heavy atom. The number of hydrogen-bond acceptors (Lipinski definition) is 5. The molecule has 0 aliphatic carbocycles. The third-order valence-electron chi connectivity index (χ3n) is 5.21. The van der Waals surface area contributed by atoms with Crippen molar-refractivity contribution >= 4 is 46.3 Å². The number of rotatable bonds is 6. The molecule has 1 heterocycles. The first-order valence-corrected chi connectivity index (χ1v) is 11.5. The number of hydrogen-bond donors (Lipinski definition) is 0. The first-order chi connectivity index (χ1) is 15.9. The van der Waals surface area contributed by atoms with Crippen LogP contribution in [-0.4, -0.2) is 18.3 Å². The molecule has 3 aromatic carbocycles. The monoisotopic (exact) mass is 479 g/mol. The maximum Gasteiger partial charge on any atom is 0.298 e. The fraction of sp³-hybridized carbons (Fsp3) is 0.154. The summed E-state index contributed by atoms with van der Waals surface area (Å²) in [5.41, 5.74) is 4.14. The molecule has 0 saturated carbocycles. The predicted octanol–water partition coefficient (Wildman–Crippen LogP) is 6.79. The Kier molecular flexibility index (Phi) is 6.77. The van der Waals surface area contributed by atoms with Crippen molar-refractivity contribution in [2.24, 2.45) is 0 Å². The highest BCUT2D eigenvalue weighted by Gasteiger charge is 2.37. The first kappa shape index (κ1) is 23.0. The average Bonchev–Trinajstić information content (AvgIpc) is 3.06. The lowest BCUT2D eigenvalue weighted by molar-refractivity contribution is -0.113. The van der Waals surface area contributed by atoms with Crippen LogP contribution < -0.4 is 14.4 Å². The topological polar surface area (TPSA) is 55.8 Å².